The van der Waals surface area contributed by atoms with Crippen LogP contribution in [0.3, 0.4) is 0 Å². The lowest BCUT2D eigenvalue weighted by atomic mass is 10.1. The molecule has 0 spiro atoms. The highest BCUT2D eigenvalue weighted by molar-refractivity contribution is 7.10. The highest BCUT2D eigenvalue weighted by Gasteiger charge is 2.19. The minimum Gasteiger partial charge on any atom is -0.318 e. The molecule has 0 N–H and O–H groups in total. The fourth-order valence-electron chi connectivity index (χ4n) is 2.43. The fourth-order valence-corrected chi connectivity index (χ4v) is 3.52. The molecule has 3 aromatic heterocycles. The number of thiophene rings is 1. The van der Waals surface area contributed by atoms with Crippen molar-refractivity contribution < 1.29 is 0 Å². The minimum absolute atomic E-state index is 0.293. The second kappa shape index (κ2) is 5.31. The Labute approximate surface area is 120 Å². The molecule has 3 rings (SSSR count). The molecule has 0 aliphatic heterocycles. The molecule has 1 unspecified atom stereocenters. The van der Waals surface area contributed by atoms with Gasteiger partial charge in [0.05, 0.1) is 23.6 Å². The summed E-state index contributed by atoms with van der Waals surface area (Å²) in [5, 5.41) is 2.11. The van der Waals surface area contributed by atoms with Gasteiger partial charge in [-0.2, -0.15) is 0 Å². The smallest absolute Gasteiger partial charge is 0.125 e. The summed E-state index contributed by atoms with van der Waals surface area (Å²) in [5.41, 5.74) is 2.01. The van der Waals surface area contributed by atoms with Crippen molar-refractivity contribution in [2.45, 2.75) is 25.3 Å². The Morgan fingerprint density at radius 3 is 3.00 bits per heavy atom. The molecule has 0 saturated heterocycles. The SMILES string of the molecule is CCC(c1cccs1)n1c(CCl)nc2cnccc21. The highest BCUT2D eigenvalue weighted by atomic mass is 35.5. The van der Waals surface area contributed by atoms with E-state index in [1.165, 1.54) is 4.88 Å². The molecule has 3 aromatic rings. The lowest BCUT2D eigenvalue weighted by Gasteiger charge is -2.18. The van der Waals surface area contributed by atoms with Gasteiger partial charge < -0.3 is 4.57 Å². The van der Waals surface area contributed by atoms with E-state index in [1.54, 1.807) is 23.7 Å². The van der Waals surface area contributed by atoms with Gasteiger partial charge in [0.15, 0.2) is 0 Å². The number of hydrogen-bond acceptors (Lipinski definition) is 3. The summed E-state index contributed by atoms with van der Waals surface area (Å²) >= 11 is 7.84. The first-order valence-corrected chi connectivity index (χ1v) is 7.66. The summed E-state index contributed by atoms with van der Waals surface area (Å²) in [5.74, 6) is 1.32. The van der Waals surface area contributed by atoms with Crippen molar-refractivity contribution in [3.8, 4) is 0 Å². The van der Waals surface area contributed by atoms with Gasteiger partial charge in [-0.1, -0.05) is 13.0 Å². The van der Waals surface area contributed by atoms with Crippen LogP contribution in [0.25, 0.3) is 11.0 Å². The van der Waals surface area contributed by atoms with E-state index in [2.05, 4.69) is 39.0 Å². The van der Waals surface area contributed by atoms with Crippen LogP contribution in [0.15, 0.2) is 36.0 Å². The lowest BCUT2D eigenvalue weighted by molar-refractivity contribution is 0.574. The summed E-state index contributed by atoms with van der Waals surface area (Å²) in [4.78, 5) is 10.1. The van der Waals surface area contributed by atoms with Crippen LogP contribution >= 0.6 is 22.9 Å². The summed E-state index contributed by atoms with van der Waals surface area (Å²) in [7, 11) is 0. The van der Waals surface area contributed by atoms with Gasteiger partial charge in [0.1, 0.15) is 11.3 Å². The van der Waals surface area contributed by atoms with Crippen LogP contribution in [0.5, 0.6) is 0 Å². The van der Waals surface area contributed by atoms with E-state index >= 15 is 0 Å². The van der Waals surface area contributed by atoms with Crippen molar-refractivity contribution in [3.63, 3.8) is 0 Å². The average Bonchev–Trinajstić information content (AvgIpc) is 3.08. The first-order valence-electron chi connectivity index (χ1n) is 6.25. The molecule has 3 nitrogen and oxygen atoms in total. The Morgan fingerprint density at radius 1 is 1.42 bits per heavy atom. The molecular weight excluding hydrogens is 278 g/mol. The predicted octanol–water partition coefficient (Wildman–Crippen LogP) is 4.23. The zero-order valence-electron chi connectivity index (χ0n) is 10.6. The quantitative estimate of drug-likeness (QED) is 0.674. The summed E-state index contributed by atoms with van der Waals surface area (Å²) in [6.07, 6.45) is 4.61. The number of pyridine rings is 1. The Balaban J connectivity index is 2.22. The third-order valence-corrected chi connectivity index (χ3v) is 4.47. The molecule has 0 radical (unpaired) electrons. The van der Waals surface area contributed by atoms with Gasteiger partial charge in [-0.05, 0) is 23.9 Å². The molecule has 0 aromatic carbocycles. The maximum Gasteiger partial charge on any atom is 0.125 e. The van der Waals surface area contributed by atoms with Crippen molar-refractivity contribution >= 4 is 34.0 Å². The zero-order valence-corrected chi connectivity index (χ0v) is 12.2. The first kappa shape index (κ1) is 12.6. The summed E-state index contributed by atoms with van der Waals surface area (Å²) < 4.78 is 2.25. The molecule has 1 atom stereocenters. The second-order valence-corrected chi connectivity index (χ2v) is 5.58. The summed E-state index contributed by atoms with van der Waals surface area (Å²) in [6.45, 7) is 2.19. The van der Waals surface area contributed by atoms with Gasteiger partial charge in [0.25, 0.3) is 0 Å². The van der Waals surface area contributed by atoms with Crippen molar-refractivity contribution in [1.29, 1.82) is 0 Å². The van der Waals surface area contributed by atoms with E-state index in [0.29, 0.717) is 11.9 Å². The number of alkyl halides is 1. The molecule has 0 saturated carbocycles. The minimum atomic E-state index is 0.293. The van der Waals surface area contributed by atoms with Crippen molar-refractivity contribution in [1.82, 2.24) is 14.5 Å². The van der Waals surface area contributed by atoms with Crippen molar-refractivity contribution in [2.75, 3.05) is 0 Å². The molecule has 0 bridgehead atoms. The molecular formula is C14H14ClN3S. The number of hydrogen-bond donors (Lipinski definition) is 0. The van der Waals surface area contributed by atoms with Gasteiger partial charge in [-0.15, -0.1) is 22.9 Å². The zero-order chi connectivity index (χ0) is 13.2. The third kappa shape index (κ3) is 2.15. The second-order valence-electron chi connectivity index (χ2n) is 4.34. The molecule has 19 heavy (non-hydrogen) atoms. The molecule has 98 valence electrons. The van der Waals surface area contributed by atoms with Crippen LogP contribution in [0.4, 0.5) is 0 Å². The number of fused-ring (bicyclic) bond motifs is 1. The molecule has 0 fully saturated rings. The average molecular weight is 292 g/mol. The van der Waals surface area contributed by atoms with Crippen molar-refractivity contribution in [2.24, 2.45) is 0 Å². The van der Waals surface area contributed by atoms with E-state index in [4.69, 9.17) is 11.6 Å². The Hall–Kier alpha value is -1.39. The number of aromatic nitrogens is 3. The van der Waals surface area contributed by atoms with E-state index in [9.17, 15) is 0 Å². The predicted molar refractivity (Wildman–Crippen MR) is 79.8 cm³/mol. The normalized spacial score (nSPS) is 12.9. The van der Waals surface area contributed by atoms with Crippen LogP contribution in [0.1, 0.15) is 30.1 Å². The van der Waals surface area contributed by atoms with E-state index < -0.39 is 0 Å². The standard InChI is InChI=1S/C14H14ClN3S/c1-2-11(13-4-3-7-19-13)18-12-5-6-16-9-10(12)17-14(18)8-15/h3-7,9,11H,2,8H2,1H3. The van der Waals surface area contributed by atoms with Crippen molar-refractivity contribution in [3.05, 3.63) is 46.7 Å². The molecule has 3 heterocycles. The van der Waals surface area contributed by atoms with Gasteiger partial charge >= 0.3 is 0 Å². The van der Waals surface area contributed by atoms with Gasteiger partial charge in [0.2, 0.25) is 0 Å². The van der Waals surface area contributed by atoms with Gasteiger partial charge in [-0.3, -0.25) is 4.98 Å². The maximum absolute atomic E-state index is 6.07. The van der Waals surface area contributed by atoms with Gasteiger partial charge in [-0.25, -0.2) is 4.98 Å². The maximum atomic E-state index is 6.07. The highest BCUT2D eigenvalue weighted by Crippen LogP contribution is 2.31. The number of rotatable bonds is 4. The van der Waals surface area contributed by atoms with Crippen LogP contribution in [-0.2, 0) is 5.88 Å². The monoisotopic (exact) mass is 291 g/mol. The Bertz CT molecular complexity index is 675. The van der Waals surface area contributed by atoms with E-state index in [-0.39, 0.29) is 0 Å². The Kier molecular flexibility index (Phi) is 3.53. The summed E-state index contributed by atoms with van der Waals surface area (Å²) in [6, 6.07) is 6.56. The molecule has 0 aliphatic carbocycles. The largest absolute Gasteiger partial charge is 0.318 e. The lowest BCUT2D eigenvalue weighted by Crippen LogP contribution is -2.11. The third-order valence-electron chi connectivity index (χ3n) is 3.25. The number of halogens is 1. The number of nitrogens with zero attached hydrogens (tertiary/aromatic N) is 3. The molecule has 0 aliphatic rings. The van der Waals surface area contributed by atoms with E-state index in [1.807, 2.05) is 6.07 Å². The number of imidazole rings is 1. The van der Waals surface area contributed by atoms with Crippen LogP contribution in [0.2, 0.25) is 0 Å². The fraction of sp³-hybridized carbons (Fsp3) is 0.286. The van der Waals surface area contributed by atoms with E-state index in [0.717, 1.165) is 23.3 Å². The van der Waals surface area contributed by atoms with Crippen LogP contribution in [-0.4, -0.2) is 14.5 Å². The topological polar surface area (TPSA) is 30.7 Å². The van der Waals surface area contributed by atoms with Gasteiger partial charge in [0, 0.05) is 11.1 Å². The Morgan fingerprint density at radius 2 is 2.32 bits per heavy atom. The van der Waals surface area contributed by atoms with Crippen LogP contribution < -0.4 is 0 Å². The molecule has 5 heteroatoms. The van der Waals surface area contributed by atoms with Crippen LogP contribution in [0, 0.1) is 0 Å². The first-order chi connectivity index (χ1) is 9.35. The molecule has 0 amide bonds.